The number of nitrogen functional groups attached to an aromatic ring is 1. The molecule has 17 heavy (non-hydrogen) atoms. The Balaban J connectivity index is 2.79. The van der Waals surface area contributed by atoms with Crippen molar-refractivity contribution in [3.63, 3.8) is 0 Å². The van der Waals surface area contributed by atoms with Gasteiger partial charge in [0.25, 0.3) is 5.56 Å². The maximum absolute atomic E-state index is 12.0. The van der Waals surface area contributed by atoms with Crippen molar-refractivity contribution in [1.82, 2.24) is 4.57 Å². The van der Waals surface area contributed by atoms with Crippen LogP contribution in [-0.2, 0) is 22.8 Å². The van der Waals surface area contributed by atoms with Crippen LogP contribution in [0.1, 0.15) is 25.5 Å². The van der Waals surface area contributed by atoms with Crippen molar-refractivity contribution >= 4 is 15.5 Å². The van der Waals surface area contributed by atoms with E-state index in [2.05, 4.69) is 0 Å². The highest BCUT2D eigenvalue weighted by molar-refractivity contribution is 7.91. The lowest BCUT2D eigenvalue weighted by molar-refractivity contribution is 0.560. The number of pyridine rings is 1. The fraction of sp³-hybridized carbons (Fsp3) is 0.545. The second kappa shape index (κ2) is 4.18. The smallest absolute Gasteiger partial charge is 0.252 e. The summed E-state index contributed by atoms with van der Waals surface area (Å²) in [7, 11) is -3.32. The molecule has 1 aliphatic heterocycles. The van der Waals surface area contributed by atoms with Gasteiger partial charge in [0.1, 0.15) is 4.90 Å². The SMILES string of the molecule is CCCn1c2c(c(N)cc1=O)S(=O)(=O)CCC2. The van der Waals surface area contributed by atoms with Gasteiger partial charge < -0.3 is 10.3 Å². The Morgan fingerprint density at radius 3 is 2.82 bits per heavy atom. The number of sulfone groups is 1. The van der Waals surface area contributed by atoms with Gasteiger partial charge in [-0.05, 0) is 19.3 Å². The van der Waals surface area contributed by atoms with E-state index in [1.165, 1.54) is 6.07 Å². The largest absolute Gasteiger partial charge is 0.397 e. The van der Waals surface area contributed by atoms with Crippen LogP contribution in [0, 0.1) is 0 Å². The van der Waals surface area contributed by atoms with Gasteiger partial charge in [0, 0.05) is 18.3 Å². The Morgan fingerprint density at radius 2 is 2.18 bits per heavy atom. The van der Waals surface area contributed by atoms with Crippen molar-refractivity contribution in [2.45, 2.75) is 37.6 Å². The molecular formula is C11H16N2O3S. The van der Waals surface area contributed by atoms with Crippen LogP contribution in [0.3, 0.4) is 0 Å². The first-order valence-electron chi connectivity index (χ1n) is 5.72. The summed E-state index contributed by atoms with van der Waals surface area (Å²) in [6, 6.07) is 1.22. The van der Waals surface area contributed by atoms with E-state index in [4.69, 9.17) is 5.73 Å². The number of fused-ring (bicyclic) bond motifs is 1. The highest BCUT2D eigenvalue weighted by atomic mass is 32.2. The van der Waals surface area contributed by atoms with Crippen molar-refractivity contribution in [3.8, 4) is 0 Å². The van der Waals surface area contributed by atoms with Gasteiger partial charge >= 0.3 is 0 Å². The molecule has 94 valence electrons. The minimum Gasteiger partial charge on any atom is -0.397 e. The van der Waals surface area contributed by atoms with Gasteiger partial charge in [0.05, 0.1) is 11.4 Å². The summed E-state index contributed by atoms with van der Waals surface area (Å²) in [6.07, 6.45) is 1.95. The molecule has 0 bridgehead atoms. The van der Waals surface area contributed by atoms with Crippen molar-refractivity contribution in [1.29, 1.82) is 0 Å². The first-order chi connectivity index (χ1) is 7.97. The Morgan fingerprint density at radius 1 is 1.47 bits per heavy atom. The molecule has 0 atom stereocenters. The molecule has 0 spiro atoms. The molecular weight excluding hydrogens is 240 g/mol. The number of hydrogen-bond donors (Lipinski definition) is 1. The molecule has 0 aliphatic carbocycles. The van der Waals surface area contributed by atoms with E-state index in [1.807, 2.05) is 6.92 Å². The predicted octanol–water partition coefficient (Wildman–Crippen LogP) is 0.560. The molecule has 1 aromatic heterocycles. The Hall–Kier alpha value is -1.30. The molecule has 0 fully saturated rings. The third kappa shape index (κ3) is 1.97. The molecule has 0 aromatic carbocycles. The van der Waals surface area contributed by atoms with Crippen LogP contribution in [0.4, 0.5) is 5.69 Å². The minimum atomic E-state index is -3.32. The Kier molecular flexibility index (Phi) is 2.99. The van der Waals surface area contributed by atoms with Crippen LogP contribution in [-0.4, -0.2) is 18.7 Å². The zero-order chi connectivity index (χ0) is 12.6. The summed E-state index contributed by atoms with van der Waals surface area (Å²) in [5, 5.41) is 0. The van der Waals surface area contributed by atoms with Gasteiger partial charge in [-0.15, -0.1) is 0 Å². The number of nitrogens with two attached hydrogens (primary N) is 1. The molecule has 2 N–H and O–H groups in total. The first kappa shape index (κ1) is 12.2. The summed E-state index contributed by atoms with van der Waals surface area (Å²) in [4.78, 5) is 12.0. The van der Waals surface area contributed by atoms with Crippen LogP contribution < -0.4 is 11.3 Å². The van der Waals surface area contributed by atoms with E-state index in [0.29, 0.717) is 25.1 Å². The molecule has 2 heterocycles. The first-order valence-corrected chi connectivity index (χ1v) is 7.37. The fourth-order valence-electron chi connectivity index (χ4n) is 2.31. The summed E-state index contributed by atoms with van der Waals surface area (Å²) in [5.41, 5.74) is 6.16. The second-order valence-corrected chi connectivity index (χ2v) is 6.33. The Labute approximate surface area is 100 Å². The highest BCUT2D eigenvalue weighted by Gasteiger charge is 2.28. The zero-order valence-corrected chi connectivity index (χ0v) is 10.6. The van der Waals surface area contributed by atoms with Crippen LogP contribution in [0.15, 0.2) is 15.8 Å². The fourth-order valence-corrected chi connectivity index (χ4v) is 4.02. The van der Waals surface area contributed by atoms with Gasteiger partial charge in [0.15, 0.2) is 9.84 Å². The maximum Gasteiger partial charge on any atom is 0.252 e. The standard InChI is InChI=1S/C11H16N2O3S/c1-2-5-13-9-4-3-6-17(15,16)11(9)8(12)7-10(13)14/h7H,2-6,12H2,1H3. The third-order valence-electron chi connectivity index (χ3n) is 2.98. The van der Waals surface area contributed by atoms with E-state index in [-0.39, 0.29) is 21.9 Å². The summed E-state index contributed by atoms with van der Waals surface area (Å²) in [6.45, 7) is 2.49. The van der Waals surface area contributed by atoms with E-state index in [0.717, 1.165) is 6.42 Å². The van der Waals surface area contributed by atoms with Gasteiger partial charge in [-0.3, -0.25) is 4.79 Å². The average Bonchev–Trinajstić information content (AvgIpc) is 2.22. The summed E-state index contributed by atoms with van der Waals surface area (Å²) >= 11 is 0. The van der Waals surface area contributed by atoms with Crippen molar-refractivity contribution < 1.29 is 8.42 Å². The number of anilines is 1. The normalized spacial score (nSPS) is 17.7. The lowest BCUT2D eigenvalue weighted by Crippen LogP contribution is -2.30. The lowest BCUT2D eigenvalue weighted by Gasteiger charge is -2.22. The topological polar surface area (TPSA) is 82.2 Å². The molecule has 0 amide bonds. The number of aromatic nitrogens is 1. The van der Waals surface area contributed by atoms with Gasteiger partial charge in [0.2, 0.25) is 0 Å². The summed E-state index contributed by atoms with van der Waals surface area (Å²) < 4.78 is 25.5. The number of rotatable bonds is 2. The third-order valence-corrected chi connectivity index (χ3v) is 4.90. The molecule has 2 rings (SSSR count). The molecule has 0 radical (unpaired) electrons. The number of nitrogens with zero attached hydrogens (tertiary/aromatic N) is 1. The molecule has 0 unspecified atom stereocenters. The average molecular weight is 256 g/mol. The van der Waals surface area contributed by atoms with E-state index in [9.17, 15) is 13.2 Å². The molecule has 0 saturated heterocycles. The number of hydrogen-bond acceptors (Lipinski definition) is 4. The van der Waals surface area contributed by atoms with Crippen LogP contribution >= 0.6 is 0 Å². The molecule has 1 aliphatic rings. The quantitative estimate of drug-likeness (QED) is 0.838. The lowest BCUT2D eigenvalue weighted by atomic mass is 10.2. The van der Waals surface area contributed by atoms with Gasteiger partial charge in [-0.25, -0.2) is 8.42 Å². The Bertz CT molecular complexity index is 602. The van der Waals surface area contributed by atoms with E-state index < -0.39 is 9.84 Å². The maximum atomic E-state index is 12.0. The monoisotopic (exact) mass is 256 g/mol. The van der Waals surface area contributed by atoms with Crippen LogP contribution in [0.2, 0.25) is 0 Å². The minimum absolute atomic E-state index is 0.0945. The van der Waals surface area contributed by atoms with Crippen LogP contribution in [0.5, 0.6) is 0 Å². The predicted molar refractivity (Wildman–Crippen MR) is 65.8 cm³/mol. The molecule has 6 heteroatoms. The molecule has 1 aromatic rings. The zero-order valence-electron chi connectivity index (χ0n) is 9.77. The van der Waals surface area contributed by atoms with E-state index >= 15 is 0 Å². The molecule has 5 nitrogen and oxygen atoms in total. The molecule has 0 saturated carbocycles. The van der Waals surface area contributed by atoms with Gasteiger partial charge in [-0.1, -0.05) is 6.92 Å². The highest BCUT2D eigenvalue weighted by Crippen LogP contribution is 2.28. The van der Waals surface area contributed by atoms with E-state index in [1.54, 1.807) is 4.57 Å². The van der Waals surface area contributed by atoms with Crippen molar-refractivity contribution in [2.75, 3.05) is 11.5 Å². The summed E-state index contributed by atoms with van der Waals surface area (Å²) in [5.74, 6) is 0.120. The second-order valence-electron chi connectivity index (χ2n) is 4.29. The van der Waals surface area contributed by atoms with Crippen LogP contribution in [0.25, 0.3) is 0 Å². The van der Waals surface area contributed by atoms with Crippen molar-refractivity contribution in [3.05, 3.63) is 22.1 Å². The van der Waals surface area contributed by atoms with Crippen molar-refractivity contribution in [2.24, 2.45) is 0 Å². The van der Waals surface area contributed by atoms with Gasteiger partial charge in [-0.2, -0.15) is 0 Å².